The van der Waals surface area contributed by atoms with E-state index in [1.807, 2.05) is 28.6 Å². The van der Waals surface area contributed by atoms with Gasteiger partial charge in [-0.3, -0.25) is 0 Å². The van der Waals surface area contributed by atoms with Gasteiger partial charge in [0.2, 0.25) is 0 Å². The van der Waals surface area contributed by atoms with Crippen LogP contribution >= 0.6 is 0 Å². The highest BCUT2D eigenvalue weighted by Crippen LogP contribution is 2.53. The molecular weight excluding hydrogens is 284 g/mol. The normalized spacial score (nSPS) is 24.0. The van der Waals surface area contributed by atoms with Gasteiger partial charge in [0.15, 0.2) is 10.1 Å². The Bertz CT molecular complexity index is 789. The number of hydrogen-bond donors (Lipinski definition) is 2. The summed E-state index contributed by atoms with van der Waals surface area (Å²) in [6.07, 6.45) is 6.64. The Kier molecular flexibility index (Phi) is 2.89. The van der Waals surface area contributed by atoms with E-state index in [0.29, 0.717) is 11.1 Å². The lowest BCUT2D eigenvalue weighted by Crippen LogP contribution is -2.42. The number of benzene rings is 1. The average molecular weight is 304 g/mol. The summed E-state index contributed by atoms with van der Waals surface area (Å²) in [5.41, 5.74) is 2.22. The number of hydrogen-bond acceptors (Lipinski definition) is 2. The van der Waals surface area contributed by atoms with E-state index in [4.69, 9.17) is 5.14 Å². The Morgan fingerprint density at radius 3 is 2.62 bits per heavy atom. The van der Waals surface area contributed by atoms with Crippen LogP contribution < -0.4 is 5.14 Å². The lowest BCUT2D eigenvalue weighted by molar-refractivity contribution is 0.264. The van der Waals surface area contributed by atoms with Crippen molar-refractivity contribution in [2.75, 3.05) is 13.1 Å². The summed E-state index contributed by atoms with van der Waals surface area (Å²) in [4.78, 5) is 3.14. The van der Waals surface area contributed by atoms with Crippen molar-refractivity contribution in [1.29, 1.82) is 0 Å². The van der Waals surface area contributed by atoms with Crippen LogP contribution in [0.1, 0.15) is 25.7 Å². The van der Waals surface area contributed by atoms with Gasteiger partial charge < -0.3 is 4.98 Å². The lowest BCUT2D eigenvalue weighted by Gasteiger charge is -2.31. The molecule has 3 N–H and O–H groups in total. The van der Waals surface area contributed by atoms with Crippen LogP contribution in [0, 0.1) is 5.41 Å². The number of nitrogens with one attached hydrogen (secondary N) is 1. The van der Waals surface area contributed by atoms with Crippen LogP contribution in [0.3, 0.4) is 0 Å². The fourth-order valence-electron chi connectivity index (χ4n) is 3.23. The van der Waals surface area contributed by atoms with Crippen molar-refractivity contribution in [2.45, 2.75) is 25.7 Å². The zero-order valence-corrected chi connectivity index (χ0v) is 12.7. The van der Waals surface area contributed by atoms with Crippen LogP contribution in [0.5, 0.6) is 0 Å². The summed E-state index contributed by atoms with van der Waals surface area (Å²) in [6, 6.07) is 7.85. The zero-order valence-electron chi connectivity index (χ0n) is 11.9. The van der Waals surface area contributed by atoms with Crippen LogP contribution in [0.2, 0.25) is 0 Å². The maximum Gasteiger partial charge on any atom is 0.177 e. The minimum atomic E-state index is -2.83. The first-order valence-corrected chi connectivity index (χ1v) is 8.98. The van der Waals surface area contributed by atoms with E-state index in [-0.39, 0.29) is 0 Å². The molecule has 1 spiro atoms. The Hall–Kier alpha value is -1.37. The highest BCUT2D eigenvalue weighted by atomic mass is 32.2. The van der Waals surface area contributed by atoms with Gasteiger partial charge in [0.25, 0.3) is 0 Å². The van der Waals surface area contributed by atoms with Crippen molar-refractivity contribution in [3.05, 3.63) is 30.5 Å². The molecule has 21 heavy (non-hydrogen) atoms. The molecule has 0 bridgehead atoms. The van der Waals surface area contributed by atoms with Gasteiger partial charge in [0.05, 0.1) is 0 Å². The van der Waals surface area contributed by atoms with Gasteiger partial charge in [-0.25, -0.2) is 13.7 Å². The Balaban J connectivity index is 1.65. The molecule has 112 valence electrons. The highest BCUT2D eigenvalue weighted by Gasteiger charge is 2.45. The molecule has 0 radical (unpaired) electrons. The van der Waals surface area contributed by atoms with Crippen LogP contribution in [0.15, 0.2) is 34.8 Å². The number of rotatable bonds is 2. The third-order valence-electron chi connectivity index (χ3n) is 4.91. The van der Waals surface area contributed by atoms with Crippen molar-refractivity contribution >= 4 is 26.7 Å². The second-order valence-corrected chi connectivity index (χ2v) is 8.05. The first kappa shape index (κ1) is 13.3. The summed E-state index contributed by atoms with van der Waals surface area (Å²) in [6.45, 7) is 1.59. The molecule has 1 saturated carbocycles. The first-order valence-electron chi connectivity index (χ1n) is 7.44. The van der Waals surface area contributed by atoms with Crippen molar-refractivity contribution < 1.29 is 4.21 Å². The van der Waals surface area contributed by atoms with Crippen molar-refractivity contribution in [1.82, 2.24) is 9.29 Å². The quantitative estimate of drug-likeness (QED) is 0.879. The number of nitrogens with zero attached hydrogens (tertiary/aromatic N) is 2. The van der Waals surface area contributed by atoms with E-state index in [9.17, 15) is 4.21 Å². The molecule has 1 aliphatic heterocycles. The minimum absolute atomic E-state index is 0.548. The molecular formula is C15H20N4OS. The second kappa shape index (κ2) is 4.56. The molecule has 5 nitrogen and oxygen atoms in total. The molecule has 2 aromatic rings. The van der Waals surface area contributed by atoms with Crippen molar-refractivity contribution in [3.63, 3.8) is 0 Å². The number of piperidine rings is 1. The number of aromatic nitrogens is 1. The maximum absolute atomic E-state index is 12.8. The van der Waals surface area contributed by atoms with Crippen LogP contribution in [-0.2, 0) is 10.1 Å². The molecule has 4 rings (SSSR count). The standard InChI is InChI=1S/C15H20N4OS/c16-21(20,19-9-7-15(5-6-15)8-10-19)18-14-11-17-13-4-2-1-3-12(13)14/h1-4,11,17H,5-10H2,(H2,16,18,20). The van der Waals surface area contributed by atoms with Gasteiger partial charge in [0.1, 0.15) is 5.69 Å². The van der Waals surface area contributed by atoms with E-state index >= 15 is 0 Å². The SMILES string of the molecule is NS(=O)(=Nc1c[nH]c2ccccc12)N1CCC2(CC1)CC2. The molecule has 2 fully saturated rings. The van der Waals surface area contributed by atoms with Gasteiger partial charge in [-0.1, -0.05) is 18.2 Å². The maximum atomic E-state index is 12.8. The number of aromatic amines is 1. The van der Waals surface area contributed by atoms with Gasteiger partial charge in [-0.05, 0) is 37.2 Å². The van der Waals surface area contributed by atoms with Crippen LogP contribution in [0.25, 0.3) is 10.9 Å². The topological polar surface area (TPSA) is 74.5 Å². The number of para-hydroxylation sites is 1. The number of nitrogens with two attached hydrogens (primary N) is 1. The third-order valence-corrected chi connectivity index (χ3v) is 6.47. The lowest BCUT2D eigenvalue weighted by atomic mass is 9.95. The third kappa shape index (κ3) is 2.37. The highest BCUT2D eigenvalue weighted by molar-refractivity contribution is 7.89. The fraction of sp³-hybridized carbons (Fsp3) is 0.467. The average Bonchev–Trinajstić information content (AvgIpc) is 3.11. The summed E-state index contributed by atoms with van der Waals surface area (Å²) >= 11 is 0. The van der Waals surface area contributed by atoms with E-state index in [2.05, 4.69) is 9.35 Å². The molecule has 1 atom stereocenters. The summed E-state index contributed by atoms with van der Waals surface area (Å²) in [5.74, 6) is 0. The molecule has 1 aromatic carbocycles. The van der Waals surface area contributed by atoms with E-state index < -0.39 is 10.1 Å². The Morgan fingerprint density at radius 1 is 1.19 bits per heavy atom. The largest absolute Gasteiger partial charge is 0.359 e. The minimum Gasteiger partial charge on any atom is -0.359 e. The molecule has 6 heteroatoms. The Labute approximate surface area is 125 Å². The van der Waals surface area contributed by atoms with E-state index in [1.54, 1.807) is 6.20 Å². The monoisotopic (exact) mass is 304 g/mol. The van der Waals surface area contributed by atoms with Gasteiger partial charge in [0, 0.05) is 30.2 Å². The molecule has 0 amide bonds. The summed E-state index contributed by atoms with van der Waals surface area (Å²) in [5, 5.41) is 7.02. The first-order chi connectivity index (χ1) is 10.1. The van der Waals surface area contributed by atoms with Crippen molar-refractivity contribution in [2.24, 2.45) is 14.9 Å². The molecule has 1 aliphatic carbocycles. The summed E-state index contributed by atoms with van der Waals surface area (Å²) < 4.78 is 19.0. The second-order valence-electron chi connectivity index (χ2n) is 6.28. The predicted octanol–water partition coefficient (Wildman–Crippen LogP) is 2.93. The molecule has 1 saturated heterocycles. The van der Waals surface area contributed by atoms with Crippen molar-refractivity contribution in [3.8, 4) is 0 Å². The number of fused-ring (bicyclic) bond motifs is 1. The zero-order chi connectivity index (χ0) is 14.5. The molecule has 1 aromatic heterocycles. The smallest absolute Gasteiger partial charge is 0.177 e. The van der Waals surface area contributed by atoms with Crippen LogP contribution in [0.4, 0.5) is 5.69 Å². The van der Waals surface area contributed by atoms with Crippen LogP contribution in [-0.4, -0.2) is 26.6 Å². The molecule has 2 aliphatic rings. The fourth-order valence-corrected chi connectivity index (χ4v) is 4.48. The predicted molar refractivity (Wildman–Crippen MR) is 85.2 cm³/mol. The molecule has 2 heterocycles. The Morgan fingerprint density at radius 2 is 1.90 bits per heavy atom. The van der Waals surface area contributed by atoms with Gasteiger partial charge >= 0.3 is 0 Å². The van der Waals surface area contributed by atoms with Gasteiger partial charge in [-0.15, -0.1) is 0 Å². The molecule has 1 unspecified atom stereocenters. The van der Waals surface area contributed by atoms with E-state index in [0.717, 1.165) is 36.8 Å². The number of H-pyrrole nitrogens is 1. The van der Waals surface area contributed by atoms with E-state index in [1.165, 1.54) is 12.8 Å². The van der Waals surface area contributed by atoms with Gasteiger partial charge in [-0.2, -0.15) is 4.36 Å². The summed E-state index contributed by atoms with van der Waals surface area (Å²) in [7, 11) is -2.83.